The molecule has 2 heterocycles. The molecule has 0 radical (unpaired) electrons. The molecule has 0 aliphatic carbocycles. The zero-order valence-corrected chi connectivity index (χ0v) is 14.4. The smallest absolute Gasteiger partial charge is 0.242 e. The summed E-state index contributed by atoms with van der Waals surface area (Å²) in [6.07, 6.45) is 2.69. The minimum atomic E-state index is -0.174. The summed E-state index contributed by atoms with van der Waals surface area (Å²) in [6.45, 7) is 10.5. The van der Waals surface area contributed by atoms with E-state index in [2.05, 4.69) is 34.1 Å². The molecule has 0 saturated carbocycles. The first-order valence-corrected chi connectivity index (χ1v) is 8.48. The molecule has 1 aromatic rings. The van der Waals surface area contributed by atoms with Crippen LogP contribution >= 0.6 is 0 Å². The monoisotopic (exact) mass is 323 g/mol. The van der Waals surface area contributed by atoms with Gasteiger partial charge in [0.1, 0.15) is 5.82 Å². The van der Waals surface area contributed by atoms with Crippen molar-refractivity contribution in [3.8, 4) is 0 Å². The maximum Gasteiger partial charge on any atom is 0.242 e. The second-order valence-electron chi connectivity index (χ2n) is 6.18. The number of amides is 1. The standard InChI is InChI=1S/C16H29N5O2/c1-4-13(2)21-15(5-6-17-21)18-16(23)14(3)20-9-7-19(8-10-20)11-12-22/h5-6,13-14,22H,4,7-12H2,1-3H3,(H,18,23)/t13-,14-/m0/s1. The molecule has 2 rings (SSSR count). The van der Waals surface area contributed by atoms with Crippen molar-refractivity contribution in [3.05, 3.63) is 12.3 Å². The maximum atomic E-state index is 12.5. The Morgan fingerprint density at radius 1 is 1.35 bits per heavy atom. The largest absolute Gasteiger partial charge is 0.395 e. The second kappa shape index (κ2) is 8.42. The number of anilines is 1. The molecular formula is C16H29N5O2. The molecule has 23 heavy (non-hydrogen) atoms. The van der Waals surface area contributed by atoms with Crippen LogP contribution in [0.3, 0.4) is 0 Å². The summed E-state index contributed by atoms with van der Waals surface area (Å²) in [5, 5.41) is 16.3. The fourth-order valence-corrected chi connectivity index (χ4v) is 2.85. The van der Waals surface area contributed by atoms with E-state index >= 15 is 0 Å². The Morgan fingerprint density at radius 2 is 2.04 bits per heavy atom. The highest BCUT2D eigenvalue weighted by molar-refractivity contribution is 5.93. The van der Waals surface area contributed by atoms with E-state index in [4.69, 9.17) is 5.11 Å². The van der Waals surface area contributed by atoms with Gasteiger partial charge in [-0.05, 0) is 20.3 Å². The van der Waals surface area contributed by atoms with E-state index in [1.165, 1.54) is 0 Å². The molecule has 130 valence electrons. The highest BCUT2D eigenvalue weighted by atomic mass is 16.3. The van der Waals surface area contributed by atoms with Crippen molar-refractivity contribution < 1.29 is 9.90 Å². The molecule has 1 aliphatic rings. The lowest BCUT2D eigenvalue weighted by atomic mass is 10.2. The normalized spacial score (nSPS) is 19.5. The number of carbonyl (C=O) groups excluding carboxylic acids is 1. The molecule has 0 aromatic carbocycles. The number of aliphatic hydroxyl groups excluding tert-OH is 1. The average molecular weight is 323 g/mol. The van der Waals surface area contributed by atoms with Gasteiger partial charge in [-0.25, -0.2) is 4.68 Å². The molecule has 1 aliphatic heterocycles. The number of hydrogen-bond donors (Lipinski definition) is 2. The number of aromatic nitrogens is 2. The molecule has 1 amide bonds. The van der Waals surface area contributed by atoms with Crippen LogP contribution in [0.1, 0.15) is 33.2 Å². The Labute approximate surface area is 138 Å². The van der Waals surface area contributed by atoms with Crippen LogP contribution in [0.15, 0.2) is 12.3 Å². The van der Waals surface area contributed by atoms with E-state index in [1.54, 1.807) is 6.20 Å². The molecule has 1 aromatic heterocycles. The predicted molar refractivity (Wildman–Crippen MR) is 90.4 cm³/mol. The van der Waals surface area contributed by atoms with E-state index in [-0.39, 0.29) is 24.6 Å². The molecule has 2 atom stereocenters. The third kappa shape index (κ3) is 4.53. The van der Waals surface area contributed by atoms with Crippen LogP contribution in [0.4, 0.5) is 5.82 Å². The van der Waals surface area contributed by atoms with Gasteiger partial charge in [-0.3, -0.25) is 14.6 Å². The summed E-state index contributed by atoms with van der Waals surface area (Å²) >= 11 is 0. The Balaban J connectivity index is 1.90. The molecule has 1 fully saturated rings. The minimum absolute atomic E-state index is 0.00524. The summed E-state index contributed by atoms with van der Waals surface area (Å²) in [7, 11) is 0. The van der Waals surface area contributed by atoms with Crippen LogP contribution in [0.5, 0.6) is 0 Å². The minimum Gasteiger partial charge on any atom is -0.395 e. The third-order valence-electron chi connectivity index (χ3n) is 4.68. The Kier molecular flexibility index (Phi) is 6.56. The molecule has 0 bridgehead atoms. The topological polar surface area (TPSA) is 73.6 Å². The zero-order chi connectivity index (χ0) is 16.8. The van der Waals surface area contributed by atoms with Crippen LogP contribution in [-0.4, -0.2) is 76.0 Å². The maximum absolute atomic E-state index is 12.5. The number of β-amino-alcohol motifs (C(OH)–C–C–N with tert-alkyl or cyclic N) is 1. The number of carbonyl (C=O) groups is 1. The molecular weight excluding hydrogens is 294 g/mol. The summed E-state index contributed by atoms with van der Waals surface area (Å²) in [5.41, 5.74) is 0. The van der Waals surface area contributed by atoms with Gasteiger partial charge in [0.15, 0.2) is 0 Å². The molecule has 7 nitrogen and oxygen atoms in total. The number of rotatable bonds is 7. The SMILES string of the molecule is CC[C@H](C)n1nccc1NC(=O)[C@H](C)N1CCN(CCO)CC1. The quantitative estimate of drug-likeness (QED) is 0.776. The zero-order valence-electron chi connectivity index (χ0n) is 14.4. The lowest BCUT2D eigenvalue weighted by molar-refractivity contribution is -0.121. The van der Waals surface area contributed by atoms with Crippen LogP contribution < -0.4 is 5.32 Å². The van der Waals surface area contributed by atoms with Gasteiger partial charge in [-0.2, -0.15) is 5.10 Å². The third-order valence-corrected chi connectivity index (χ3v) is 4.68. The van der Waals surface area contributed by atoms with Gasteiger partial charge in [-0.15, -0.1) is 0 Å². The molecule has 2 N–H and O–H groups in total. The van der Waals surface area contributed by atoms with Crippen LogP contribution in [0.25, 0.3) is 0 Å². The number of piperazine rings is 1. The van der Waals surface area contributed by atoms with Gasteiger partial charge in [0.05, 0.1) is 24.9 Å². The van der Waals surface area contributed by atoms with Gasteiger partial charge in [-0.1, -0.05) is 6.92 Å². The Morgan fingerprint density at radius 3 is 2.65 bits per heavy atom. The van der Waals surface area contributed by atoms with Crippen LogP contribution in [-0.2, 0) is 4.79 Å². The Hall–Kier alpha value is -1.44. The fourth-order valence-electron chi connectivity index (χ4n) is 2.85. The summed E-state index contributed by atoms with van der Waals surface area (Å²) in [4.78, 5) is 16.9. The van der Waals surface area contributed by atoms with E-state index in [0.717, 1.165) is 38.4 Å². The summed E-state index contributed by atoms with van der Waals surface area (Å²) in [5.74, 6) is 0.765. The van der Waals surface area contributed by atoms with Crippen molar-refractivity contribution in [1.82, 2.24) is 19.6 Å². The first-order chi connectivity index (χ1) is 11.1. The molecule has 7 heteroatoms. The van der Waals surface area contributed by atoms with Crippen LogP contribution in [0, 0.1) is 0 Å². The van der Waals surface area contributed by atoms with Crippen molar-refractivity contribution in [3.63, 3.8) is 0 Å². The number of aliphatic hydroxyl groups is 1. The highest BCUT2D eigenvalue weighted by Gasteiger charge is 2.26. The van der Waals surface area contributed by atoms with Gasteiger partial charge in [0.2, 0.25) is 5.91 Å². The summed E-state index contributed by atoms with van der Waals surface area (Å²) in [6, 6.07) is 1.93. The highest BCUT2D eigenvalue weighted by Crippen LogP contribution is 2.17. The molecule has 0 spiro atoms. The van der Waals surface area contributed by atoms with Crippen molar-refractivity contribution in [2.45, 2.75) is 39.3 Å². The van der Waals surface area contributed by atoms with E-state index < -0.39 is 0 Å². The van der Waals surface area contributed by atoms with Crippen molar-refractivity contribution in [1.29, 1.82) is 0 Å². The second-order valence-corrected chi connectivity index (χ2v) is 6.18. The van der Waals surface area contributed by atoms with E-state index in [0.29, 0.717) is 6.54 Å². The first kappa shape index (κ1) is 17.9. The fraction of sp³-hybridized carbons (Fsp3) is 0.750. The Bertz CT molecular complexity index is 496. The van der Waals surface area contributed by atoms with E-state index in [9.17, 15) is 4.79 Å². The lowest BCUT2D eigenvalue weighted by Gasteiger charge is -2.37. The van der Waals surface area contributed by atoms with E-state index in [1.807, 2.05) is 17.7 Å². The predicted octanol–water partition coefficient (Wildman–Crippen LogP) is 0.791. The van der Waals surface area contributed by atoms with Crippen molar-refractivity contribution >= 4 is 11.7 Å². The number of hydrogen-bond acceptors (Lipinski definition) is 5. The number of nitrogens with one attached hydrogen (secondary N) is 1. The molecule has 0 unspecified atom stereocenters. The van der Waals surface area contributed by atoms with Crippen molar-refractivity contribution in [2.24, 2.45) is 0 Å². The number of nitrogens with zero attached hydrogens (tertiary/aromatic N) is 4. The first-order valence-electron chi connectivity index (χ1n) is 8.48. The van der Waals surface area contributed by atoms with Gasteiger partial charge in [0, 0.05) is 38.8 Å². The van der Waals surface area contributed by atoms with Crippen LogP contribution in [0.2, 0.25) is 0 Å². The van der Waals surface area contributed by atoms with Gasteiger partial charge in [0.25, 0.3) is 0 Å². The van der Waals surface area contributed by atoms with Gasteiger partial charge < -0.3 is 10.4 Å². The summed E-state index contributed by atoms with van der Waals surface area (Å²) < 4.78 is 1.86. The lowest BCUT2D eigenvalue weighted by Crippen LogP contribution is -2.53. The van der Waals surface area contributed by atoms with Crippen molar-refractivity contribution in [2.75, 3.05) is 44.6 Å². The average Bonchev–Trinajstić information content (AvgIpc) is 3.02. The molecule has 1 saturated heterocycles. The van der Waals surface area contributed by atoms with Gasteiger partial charge >= 0.3 is 0 Å².